The van der Waals surface area contributed by atoms with E-state index in [1.807, 2.05) is 31.6 Å². The number of rotatable bonds is 5. The summed E-state index contributed by atoms with van der Waals surface area (Å²) in [5, 5.41) is 13.8. The predicted molar refractivity (Wildman–Crippen MR) is 102 cm³/mol. The second-order valence-electron chi connectivity index (χ2n) is 6.97. The maximum atomic E-state index is 11.5. The highest BCUT2D eigenvalue weighted by Crippen LogP contribution is 2.33. The fourth-order valence-electron chi connectivity index (χ4n) is 3.83. The molecule has 3 heterocycles. The van der Waals surface area contributed by atoms with Crippen LogP contribution in [0.15, 0.2) is 55.0 Å². The lowest BCUT2D eigenvalue weighted by Crippen LogP contribution is -2.22. The molecule has 0 radical (unpaired) electrons. The van der Waals surface area contributed by atoms with E-state index in [0.29, 0.717) is 11.7 Å². The minimum atomic E-state index is -0.949. The molecule has 27 heavy (non-hydrogen) atoms. The van der Waals surface area contributed by atoms with Gasteiger partial charge in [-0.1, -0.05) is 12.1 Å². The van der Waals surface area contributed by atoms with E-state index >= 15 is 0 Å². The summed E-state index contributed by atoms with van der Waals surface area (Å²) in [5.41, 5.74) is 4.26. The van der Waals surface area contributed by atoms with Gasteiger partial charge in [0.15, 0.2) is 0 Å². The Morgan fingerprint density at radius 2 is 2.15 bits per heavy atom. The standard InChI is InChI=1S/C21H22N4O2/c1-15-11-17(8-9-22-15)19-7-4-10-24(19)13-16-12-23-25(14-16)20-6-3-2-5-18(20)21(26)27/h2-3,5-6,8-9,11-12,14,19H,4,7,10,13H2,1H3,(H,26,27)/t19-/m0/s1. The number of aromatic nitrogens is 3. The molecule has 0 bridgehead atoms. The van der Waals surface area contributed by atoms with E-state index in [9.17, 15) is 9.90 Å². The van der Waals surface area contributed by atoms with Crippen LogP contribution < -0.4 is 0 Å². The van der Waals surface area contributed by atoms with Crippen LogP contribution in [0.4, 0.5) is 0 Å². The van der Waals surface area contributed by atoms with E-state index in [1.165, 1.54) is 12.0 Å². The van der Waals surface area contributed by atoms with Gasteiger partial charge in [0.2, 0.25) is 0 Å². The van der Waals surface area contributed by atoms with Gasteiger partial charge < -0.3 is 5.11 Å². The molecule has 0 aliphatic carbocycles. The van der Waals surface area contributed by atoms with Crippen molar-refractivity contribution >= 4 is 5.97 Å². The molecule has 6 heteroatoms. The average Bonchev–Trinajstić information content (AvgIpc) is 3.32. The smallest absolute Gasteiger partial charge is 0.337 e. The van der Waals surface area contributed by atoms with Crippen molar-refractivity contribution in [2.45, 2.75) is 32.4 Å². The Bertz CT molecular complexity index is 966. The van der Waals surface area contributed by atoms with Crippen molar-refractivity contribution in [3.05, 3.63) is 77.4 Å². The first-order valence-corrected chi connectivity index (χ1v) is 9.14. The van der Waals surface area contributed by atoms with Crippen molar-refractivity contribution < 1.29 is 9.90 Å². The van der Waals surface area contributed by atoms with E-state index < -0.39 is 5.97 Å². The Kier molecular flexibility index (Phi) is 4.73. The summed E-state index contributed by atoms with van der Waals surface area (Å²) < 4.78 is 1.65. The largest absolute Gasteiger partial charge is 0.478 e. The topological polar surface area (TPSA) is 71.2 Å². The Morgan fingerprint density at radius 3 is 2.96 bits per heavy atom. The van der Waals surface area contributed by atoms with Crippen molar-refractivity contribution in [2.75, 3.05) is 6.54 Å². The summed E-state index contributed by atoms with van der Waals surface area (Å²) in [6.45, 7) is 3.86. The Balaban J connectivity index is 1.55. The Hall–Kier alpha value is -2.99. The van der Waals surface area contributed by atoms with Crippen LogP contribution in [0.25, 0.3) is 5.69 Å². The summed E-state index contributed by atoms with van der Waals surface area (Å²) in [5.74, 6) is -0.949. The highest BCUT2D eigenvalue weighted by molar-refractivity contribution is 5.91. The van der Waals surface area contributed by atoms with Gasteiger partial charge >= 0.3 is 5.97 Å². The monoisotopic (exact) mass is 362 g/mol. The molecule has 0 unspecified atom stereocenters. The molecule has 0 amide bonds. The SMILES string of the molecule is Cc1cc([C@@H]2CCCN2Cc2cnn(-c3ccccc3C(=O)O)c2)ccn1. The van der Waals surface area contributed by atoms with Crippen LogP contribution in [0, 0.1) is 6.92 Å². The molecule has 0 spiro atoms. The van der Waals surface area contributed by atoms with Crippen molar-refractivity contribution in [3.63, 3.8) is 0 Å². The fraction of sp³-hybridized carbons (Fsp3) is 0.286. The van der Waals surface area contributed by atoms with Crippen LogP contribution in [-0.2, 0) is 6.54 Å². The summed E-state index contributed by atoms with van der Waals surface area (Å²) >= 11 is 0. The van der Waals surface area contributed by atoms with Crippen LogP contribution in [0.5, 0.6) is 0 Å². The maximum Gasteiger partial charge on any atom is 0.337 e. The molecule has 1 aliphatic rings. The first-order chi connectivity index (χ1) is 13.1. The third-order valence-electron chi connectivity index (χ3n) is 5.07. The van der Waals surface area contributed by atoms with Crippen LogP contribution in [0.1, 0.15) is 46.1 Å². The number of hydrogen-bond acceptors (Lipinski definition) is 4. The highest BCUT2D eigenvalue weighted by Gasteiger charge is 2.26. The zero-order chi connectivity index (χ0) is 18.8. The number of carboxylic acids is 1. The zero-order valence-corrected chi connectivity index (χ0v) is 15.2. The quantitative estimate of drug-likeness (QED) is 0.751. The van der Waals surface area contributed by atoms with Gasteiger partial charge in [-0.05, 0) is 56.1 Å². The summed E-state index contributed by atoms with van der Waals surface area (Å²) in [7, 11) is 0. The van der Waals surface area contributed by atoms with Crippen molar-refractivity contribution in [1.29, 1.82) is 0 Å². The molecule has 1 N–H and O–H groups in total. The molecule has 6 nitrogen and oxygen atoms in total. The molecule has 3 aromatic rings. The molecule has 2 aromatic heterocycles. The van der Waals surface area contributed by atoms with Crippen LogP contribution in [-0.4, -0.2) is 37.3 Å². The first kappa shape index (κ1) is 17.4. The van der Waals surface area contributed by atoms with Gasteiger partial charge in [0.1, 0.15) is 0 Å². The lowest BCUT2D eigenvalue weighted by Gasteiger charge is -2.24. The normalized spacial score (nSPS) is 17.3. The minimum absolute atomic E-state index is 0.249. The van der Waals surface area contributed by atoms with Crippen LogP contribution >= 0.6 is 0 Å². The molecular formula is C21H22N4O2. The minimum Gasteiger partial charge on any atom is -0.478 e. The van der Waals surface area contributed by atoms with Gasteiger partial charge in [0.05, 0.1) is 17.4 Å². The predicted octanol–water partition coefficient (Wildman–Crippen LogP) is 3.61. The lowest BCUT2D eigenvalue weighted by atomic mass is 10.0. The number of aromatic carboxylic acids is 1. The van der Waals surface area contributed by atoms with E-state index in [2.05, 4.69) is 27.1 Å². The van der Waals surface area contributed by atoms with Gasteiger partial charge in [0.25, 0.3) is 0 Å². The third kappa shape index (κ3) is 3.61. The Morgan fingerprint density at radius 1 is 1.30 bits per heavy atom. The molecule has 1 aromatic carbocycles. The van der Waals surface area contributed by atoms with Crippen molar-refractivity contribution in [1.82, 2.24) is 19.7 Å². The maximum absolute atomic E-state index is 11.5. The number of benzene rings is 1. The molecule has 1 saturated heterocycles. The summed E-state index contributed by atoms with van der Waals surface area (Å²) in [4.78, 5) is 18.2. The number of para-hydroxylation sites is 1. The van der Waals surface area contributed by atoms with Gasteiger partial charge in [-0.25, -0.2) is 9.48 Å². The van der Waals surface area contributed by atoms with Crippen LogP contribution in [0.2, 0.25) is 0 Å². The number of carbonyl (C=O) groups is 1. The van der Waals surface area contributed by atoms with Gasteiger partial charge in [-0.2, -0.15) is 5.10 Å². The van der Waals surface area contributed by atoms with Crippen molar-refractivity contribution in [3.8, 4) is 5.69 Å². The molecule has 138 valence electrons. The highest BCUT2D eigenvalue weighted by atomic mass is 16.4. The van der Waals surface area contributed by atoms with E-state index in [0.717, 1.165) is 30.8 Å². The average molecular weight is 362 g/mol. The number of carboxylic acid groups (broad SMARTS) is 1. The van der Waals surface area contributed by atoms with Gasteiger partial charge in [-0.15, -0.1) is 0 Å². The van der Waals surface area contributed by atoms with Gasteiger partial charge in [0, 0.05) is 36.2 Å². The Labute approximate surface area is 158 Å². The first-order valence-electron chi connectivity index (χ1n) is 9.14. The van der Waals surface area contributed by atoms with Gasteiger partial charge in [-0.3, -0.25) is 9.88 Å². The van der Waals surface area contributed by atoms with E-state index in [-0.39, 0.29) is 5.56 Å². The molecule has 1 fully saturated rings. The number of nitrogens with zero attached hydrogens (tertiary/aromatic N) is 4. The molecular weight excluding hydrogens is 340 g/mol. The van der Waals surface area contributed by atoms with Crippen molar-refractivity contribution in [2.24, 2.45) is 0 Å². The van der Waals surface area contributed by atoms with E-state index in [4.69, 9.17) is 0 Å². The van der Waals surface area contributed by atoms with E-state index in [1.54, 1.807) is 22.9 Å². The zero-order valence-electron chi connectivity index (χ0n) is 15.2. The molecule has 4 rings (SSSR count). The van der Waals surface area contributed by atoms with Crippen LogP contribution in [0.3, 0.4) is 0 Å². The fourth-order valence-corrected chi connectivity index (χ4v) is 3.83. The molecule has 1 atom stereocenters. The third-order valence-corrected chi connectivity index (χ3v) is 5.07. The second kappa shape index (κ2) is 7.32. The number of pyridine rings is 1. The second-order valence-corrected chi connectivity index (χ2v) is 6.97. The number of hydrogen-bond donors (Lipinski definition) is 1. The molecule has 1 aliphatic heterocycles. The number of likely N-dealkylation sites (tertiary alicyclic amines) is 1. The molecule has 0 saturated carbocycles. The summed E-state index contributed by atoms with van der Waals surface area (Å²) in [6.07, 6.45) is 7.93. The number of aryl methyl sites for hydroxylation is 1. The lowest BCUT2D eigenvalue weighted by molar-refractivity contribution is 0.0696. The summed E-state index contributed by atoms with van der Waals surface area (Å²) in [6, 6.07) is 11.6.